The Morgan fingerprint density at radius 3 is 1.90 bits per heavy atom. The van der Waals surface area contributed by atoms with Crippen LogP contribution in [0.25, 0.3) is 0 Å². The highest BCUT2D eigenvalue weighted by molar-refractivity contribution is 4.67. The summed E-state index contributed by atoms with van der Waals surface area (Å²) in [5.41, 5.74) is 0. The monoisotopic (exact) mass is 147 g/mol. The highest BCUT2D eigenvalue weighted by atomic mass is 16.5. The SMILES string of the molecule is CNC(CC(C)C)C(O)O. The van der Waals surface area contributed by atoms with Crippen molar-refractivity contribution >= 4 is 0 Å². The van der Waals surface area contributed by atoms with Crippen LogP contribution in [0.1, 0.15) is 20.3 Å². The molecule has 1 unspecified atom stereocenters. The van der Waals surface area contributed by atoms with E-state index in [1.807, 2.05) is 13.8 Å². The summed E-state index contributed by atoms with van der Waals surface area (Å²) >= 11 is 0. The number of hydrogen-bond acceptors (Lipinski definition) is 3. The molecule has 10 heavy (non-hydrogen) atoms. The van der Waals surface area contributed by atoms with Crippen LogP contribution in [-0.2, 0) is 0 Å². The third-order valence-electron chi connectivity index (χ3n) is 1.46. The maximum absolute atomic E-state index is 8.75. The van der Waals surface area contributed by atoms with Gasteiger partial charge in [0.15, 0.2) is 6.29 Å². The summed E-state index contributed by atoms with van der Waals surface area (Å²) in [6, 6.07) is -0.194. The largest absolute Gasteiger partial charge is 0.367 e. The summed E-state index contributed by atoms with van der Waals surface area (Å²) in [6.45, 7) is 4.10. The second kappa shape index (κ2) is 4.66. The molecule has 3 N–H and O–H groups in total. The quantitative estimate of drug-likeness (QED) is 0.488. The van der Waals surface area contributed by atoms with Gasteiger partial charge in [-0.1, -0.05) is 13.8 Å². The van der Waals surface area contributed by atoms with Crippen molar-refractivity contribution in [3.8, 4) is 0 Å². The van der Waals surface area contributed by atoms with Crippen molar-refractivity contribution in [1.82, 2.24) is 5.32 Å². The van der Waals surface area contributed by atoms with Crippen molar-refractivity contribution in [3.05, 3.63) is 0 Å². The van der Waals surface area contributed by atoms with Gasteiger partial charge in [-0.15, -0.1) is 0 Å². The van der Waals surface area contributed by atoms with Crippen LogP contribution in [0.2, 0.25) is 0 Å². The molecule has 0 spiro atoms. The normalized spacial score (nSPS) is 14.7. The minimum absolute atomic E-state index is 0.194. The van der Waals surface area contributed by atoms with E-state index in [2.05, 4.69) is 5.32 Å². The Balaban J connectivity index is 3.60. The molecule has 0 heterocycles. The Labute approximate surface area is 62.1 Å². The Bertz CT molecular complexity index is 83.7. The molecule has 0 rings (SSSR count). The molecule has 0 aromatic heterocycles. The van der Waals surface area contributed by atoms with Crippen LogP contribution in [0.15, 0.2) is 0 Å². The molecule has 0 aromatic carbocycles. The molecular weight excluding hydrogens is 130 g/mol. The lowest BCUT2D eigenvalue weighted by atomic mass is 10.0. The van der Waals surface area contributed by atoms with Gasteiger partial charge in [-0.2, -0.15) is 0 Å². The molecule has 3 nitrogen and oxygen atoms in total. The van der Waals surface area contributed by atoms with Crippen molar-refractivity contribution in [2.24, 2.45) is 5.92 Å². The third-order valence-corrected chi connectivity index (χ3v) is 1.46. The van der Waals surface area contributed by atoms with Crippen LogP contribution >= 0.6 is 0 Å². The predicted molar refractivity (Wildman–Crippen MR) is 40.5 cm³/mol. The minimum atomic E-state index is -1.24. The van der Waals surface area contributed by atoms with E-state index in [-0.39, 0.29) is 6.04 Å². The lowest BCUT2D eigenvalue weighted by Gasteiger charge is -2.19. The molecule has 0 aliphatic carbocycles. The molecule has 0 radical (unpaired) electrons. The maximum atomic E-state index is 8.75. The van der Waals surface area contributed by atoms with E-state index in [0.29, 0.717) is 5.92 Å². The van der Waals surface area contributed by atoms with Crippen LogP contribution < -0.4 is 5.32 Å². The molecular formula is C7H17NO2. The molecule has 0 aliphatic heterocycles. The van der Waals surface area contributed by atoms with E-state index in [9.17, 15) is 0 Å². The van der Waals surface area contributed by atoms with E-state index < -0.39 is 6.29 Å². The first-order valence-corrected chi connectivity index (χ1v) is 3.61. The number of likely N-dealkylation sites (N-methyl/N-ethyl adjacent to an activating group) is 1. The van der Waals surface area contributed by atoms with Gasteiger partial charge in [0.1, 0.15) is 0 Å². The molecule has 0 amide bonds. The standard InChI is InChI=1S/C7H17NO2/c1-5(2)4-6(8-3)7(9)10/h5-10H,4H2,1-3H3. The Kier molecular flexibility index (Phi) is 4.60. The lowest BCUT2D eigenvalue weighted by Crippen LogP contribution is -2.38. The highest BCUT2D eigenvalue weighted by Gasteiger charge is 2.14. The zero-order chi connectivity index (χ0) is 8.15. The van der Waals surface area contributed by atoms with Crippen molar-refractivity contribution in [2.45, 2.75) is 32.6 Å². The third kappa shape index (κ3) is 3.82. The Morgan fingerprint density at radius 1 is 1.30 bits per heavy atom. The zero-order valence-electron chi connectivity index (χ0n) is 6.83. The lowest BCUT2D eigenvalue weighted by molar-refractivity contribution is -0.0693. The van der Waals surface area contributed by atoms with Crippen LogP contribution in [-0.4, -0.2) is 29.6 Å². The average molecular weight is 147 g/mol. The summed E-state index contributed by atoms with van der Waals surface area (Å²) in [4.78, 5) is 0. The molecule has 0 aromatic rings. The summed E-state index contributed by atoms with van der Waals surface area (Å²) in [5, 5.41) is 20.3. The van der Waals surface area contributed by atoms with Crippen LogP contribution in [0.3, 0.4) is 0 Å². The fraction of sp³-hybridized carbons (Fsp3) is 1.00. The molecule has 0 bridgehead atoms. The van der Waals surface area contributed by atoms with Crippen molar-refractivity contribution in [1.29, 1.82) is 0 Å². The summed E-state index contributed by atoms with van der Waals surface area (Å²) in [7, 11) is 1.73. The number of aliphatic hydroxyl groups is 2. The number of nitrogens with one attached hydrogen (secondary N) is 1. The summed E-state index contributed by atoms with van der Waals surface area (Å²) in [6.07, 6.45) is -0.457. The van der Waals surface area contributed by atoms with Gasteiger partial charge >= 0.3 is 0 Å². The molecule has 1 atom stereocenters. The second-order valence-corrected chi connectivity index (χ2v) is 2.94. The zero-order valence-corrected chi connectivity index (χ0v) is 6.83. The van der Waals surface area contributed by atoms with Crippen LogP contribution in [0.4, 0.5) is 0 Å². The van der Waals surface area contributed by atoms with Crippen LogP contribution in [0, 0.1) is 5.92 Å². The fourth-order valence-electron chi connectivity index (χ4n) is 0.897. The van der Waals surface area contributed by atoms with E-state index in [1.54, 1.807) is 7.05 Å². The van der Waals surface area contributed by atoms with Gasteiger partial charge in [0, 0.05) is 0 Å². The first kappa shape index (κ1) is 9.88. The molecule has 62 valence electrons. The van der Waals surface area contributed by atoms with Crippen molar-refractivity contribution < 1.29 is 10.2 Å². The highest BCUT2D eigenvalue weighted by Crippen LogP contribution is 2.05. The molecule has 0 fully saturated rings. The minimum Gasteiger partial charge on any atom is -0.367 e. The molecule has 0 saturated carbocycles. The van der Waals surface area contributed by atoms with Gasteiger partial charge in [0.05, 0.1) is 6.04 Å². The Hall–Kier alpha value is -0.120. The number of aliphatic hydroxyl groups excluding tert-OH is 1. The molecule has 3 heteroatoms. The molecule has 0 aliphatic rings. The van der Waals surface area contributed by atoms with E-state index in [4.69, 9.17) is 10.2 Å². The van der Waals surface area contributed by atoms with Crippen molar-refractivity contribution in [3.63, 3.8) is 0 Å². The van der Waals surface area contributed by atoms with Gasteiger partial charge in [-0.25, -0.2) is 0 Å². The Morgan fingerprint density at radius 2 is 1.80 bits per heavy atom. The number of rotatable bonds is 4. The summed E-state index contributed by atoms with van der Waals surface area (Å²) in [5.74, 6) is 0.485. The van der Waals surface area contributed by atoms with Gasteiger partial charge in [0.25, 0.3) is 0 Å². The first-order chi connectivity index (χ1) is 4.57. The van der Waals surface area contributed by atoms with E-state index >= 15 is 0 Å². The first-order valence-electron chi connectivity index (χ1n) is 3.61. The van der Waals surface area contributed by atoms with Gasteiger partial charge in [-0.05, 0) is 19.4 Å². The van der Waals surface area contributed by atoms with Gasteiger partial charge < -0.3 is 15.5 Å². The molecule has 0 saturated heterocycles. The second-order valence-electron chi connectivity index (χ2n) is 2.94. The topological polar surface area (TPSA) is 52.5 Å². The summed E-state index contributed by atoms with van der Waals surface area (Å²) < 4.78 is 0. The maximum Gasteiger partial charge on any atom is 0.167 e. The van der Waals surface area contributed by atoms with Crippen molar-refractivity contribution in [2.75, 3.05) is 7.05 Å². The fourth-order valence-corrected chi connectivity index (χ4v) is 0.897. The number of hydrogen-bond donors (Lipinski definition) is 3. The van der Waals surface area contributed by atoms with Gasteiger partial charge in [-0.3, -0.25) is 0 Å². The van der Waals surface area contributed by atoms with E-state index in [1.165, 1.54) is 0 Å². The predicted octanol–water partition coefficient (Wildman–Crippen LogP) is -0.0688. The van der Waals surface area contributed by atoms with Gasteiger partial charge in [0.2, 0.25) is 0 Å². The smallest absolute Gasteiger partial charge is 0.167 e. The van der Waals surface area contributed by atoms with Crippen LogP contribution in [0.5, 0.6) is 0 Å². The van der Waals surface area contributed by atoms with E-state index in [0.717, 1.165) is 6.42 Å². The average Bonchev–Trinajstić information content (AvgIpc) is 1.81.